The molecule has 0 aliphatic carbocycles. The molecule has 0 atom stereocenters. The standard InChI is InChI=1S/C16H12BrN3/c17-13-7-8-15-14(10-18)19-16(20(15)11-13)9-6-12-4-2-1-3-5-12/h1-5,7-8,11H,6,9H2. The van der Waals surface area contributed by atoms with Crippen LogP contribution in [0.2, 0.25) is 0 Å². The summed E-state index contributed by atoms with van der Waals surface area (Å²) in [6.07, 6.45) is 3.68. The topological polar surface area (TPSA) is 41.1 Å². The van der Waals surface area contributed by atoms with Gasteiger partial charge in [-0.1, -0.05) is 30.3 Å². The first kappa shape index (κ1) is 12.9. The lowest BCUT2D eigenvalue weighted by molar-refractivity contribution is 0.851. The van der Waals surface area contributed by atoms with Crippen molar-refractivity contribution in [1.29, 1.82) is 5.26 Å². The van der Waals surface area contributed by atoms with Crippen LogP contribution in [0.15, 0.2) is 53.1 Å². The van der Waals surface area contributed by atoms with Gasteiger partial charge >= 0.3 is 0 Å². The van der Waals surface area contributed by atoms with Gasteiger partial charge in [-0.25, -0.2) is 4.98 Å². The third kappa shape index (κ3) is 2.45. The fraction of sp³-hybridized carbons (Fsp3) is 0.125. The Hall–Kier alpha value is -2.12. The minimum absolute atomic E-state index is 0.487. The Morgan fingerprint density at radius 3 is 2.65 bits per heavy atom. The smallest absolute Gasteiger partial charge is 0.166 e. The van der Waals surface area contributed by atoms with Gasteiger partial charge in [0.25, 0.3) is 0 Å². The Morgan fingerprint density at radius 1 is 1.10 bits per heavy atom. The van der Waals surface area contributed by atoms with Crippen molar-refractivity contribution in [2.24, 2.45) is 0 Å². The van der Waals surface area contributed by atoms with Crippen LogP contribution in [0.25, 0.3) is 5.52 Å². The minimum atomic E-state index is 0.487. The van der Waals surface area contributed by atoms with E-state index in [9.17, 15) is 0 Å². The van der Waals surface area contributed by atoms with Crippen LogP contribution in [-0.2, 0) is 12.8 Å². The number of aromatic nitrogens is 2. The number of hydrogen-bond donors (Lipinski definition) is 0. The number of aryl methyl sites for hydroxylation is 2. The number of benzene rings is 1. The van der Waals surface area contributed by atoms with Crippen molar-refractivity contribution < 1.29 is 0 Å². The first-order chi connectivity index (χ1) is 9.78. The SMILES string of the molecule is N#Cc1nc(CCc2ccccc2)n2cc(Br)ccc12. The molecule has 0 fully saturated rings. The number of fused-ring (bicyclic) bond motifs is 1. The molecular formula is C16H12BrN3. The molecule has 0 saturated carbocycles. The molecule has 3 nitrogen and oxygen atoms in total. The van der Waals surface area contributed by atoms with Gasteiger partial charge in [-0.05, 0) is 40.0 Å². The van der Waals surface area contributed by atoms with Crippen LogP contribution in [0.3, 0.4) is 0 Å². The van der Waals surface area contributed by atoms with Gasteiger partial charge in [-0.3, -0.25) is 0 Å². The molecule has 20 heavy (non-hydrogen) atoms. The molecule has 98 valence electrons. The lowest BCUT2D eigenvalue weighted by atomic mass is 10.1. The highest BCUT2D eigenvalue weighted by Gasteiger charge is 2.10. The van der Waals surface area contributed by atoms with Crippen LogP contribution in [-0.4, -0.2) is 9.38 Å². The van der Waals surface area contributed by atoms with Gasteiger partial charge in [-0.2, -0.15) is 5.26 Å². The van der Waals surface area contributed by atoms with Gasteiger partial charge in [-0.15, -0.1) is 0 Å². The normalized spacial score (nSPS) is 10.6. The van der Waals surface area contributed by atoms with E-state index in [-0.39, 0.29) is 0 Å². The monoisotopic (exact) mass is 325 g/mol. The Labute approximate surface area is 125 Å². The van der Waals surface area contributed by atoms with Crippen molar-refractivity contribution in [1.82, 2.24) is 9.38 Å². The van der Waals surface area contributed by atoms with E-state index < -0.39 is 0 Å². The predicted molar refractivity (Wildman–Crippen MR) is 81.5 cm³/mol. The van der Waals surface area contributed by atoms with E-state index in [0.29, 0.717) is 5.69 Å². The predicted octanol–water partition coefficient (Wildman–Crippen LogP) is 3.75. The Balaban J connectivity index is 1.95. The van der Waals surface area contributed by atoms with Gasteiger partial charge in [0.1, 0.15) is 11.9 Å². The van der Waals surface area contributed by atoms with Crippen LogP contribution in [0.4, 0.5) is 0 Å². The van der Waals surface area contributed by atoms with E-state index in [2.05, 4.69) is 39.1 Å². The van der Waals surface area contributed by atoms with Gasteiger partial charge in [0.2, 0.25) is 0 Å². The molecule has 2 heterocycles. The summed E-state index contributed by atoms with van der Waals surface area (Å²) in [7, 11) is 0. The zero-order valence-corrected chi connectivity index (χ0v) is 12.3. The molecule has 0 N–H and O–H groups in total. The summed E-state index contributed by atoms with van der Waals surface area (Å²) in [6.45, 7) is 0. The fourth-order valence-electron chi connectivity index (χ4n) is 2.28. The molecule has 4 heteroatoms. The molecule has 3 aromatic rings. The Morgan fingerprint density at radius 2 is 1.90 bits per heavy atom. The number of hydrogen-bond acceptors (Lipinski definition) is 2. The molecule has 0 saturated heterocycles. The van der Waals surface area contributed by atoms with Crippen LogP contribution >= 0.6 is 15.9 Å². The maximum Gasteiger partial charge on any atom is 0.166 e. The van der Waals surface area contributed by atoms with Crippen molar-refractivity contribution in [3.05, 3.63) is 70.2 Å². The highest BCUT2D eigenvalue weighted by atomic mass is 79.9. The minimum Gasteiger partial charge on any atom is -0.301 e. The van der Waals surface area contributed by atoms with Crippen LogP contribution in [0.5, 0.6) is 0 Å². The second kappa shape index (κ2) is 5.48. The average Bonchev–Trinajstić information content (AvgIpc) is 2.83. The Kier molecular flexibility index (Phi) is 3.53. The highest BCUT2D eigenvalue weighted by molar-refractivity contribution is 9.10. The fourth-order valence-corrected chi connectivity index (χ4v) is 2.62. The third-order valence-corrected chi connectivity index (χ3v) is 3.73. The number of imidazole rings is 1. The van der Waals surface area contributed by atoms with E-state index in [1.165, 1.54) is 5.56 Å². The van der Waals surface area contributed by atoms with E-state index in [1.54, 1.807) is 0 Å². The second-order valence-electron chi connectivity index (χ2n) is 4.58. The number of pyridine rings is 1. The quantitative estimate of drug-likeness (QED) is 0.735. The number of nitriles is 1. The van der Waals surface area contributed by atoms with Crippen LogP contribution in [0.1, 0.15) is 17.1 Å². The molecule has 0 spiro atoms. The summed E-state index contributed by atoms with van der Waals surface area (Å²) >= 11 is 3.46. The number of nitrogens with zero attached hydrogens (tertiary/aromatic N) is 3. The van der Waals surface area contributed by atoms with E-state index in [0.717, 1.165) is 28.7 Å². The molecule has 0 amide bonds. The molecular weight excluding hydrogens is 314 g/mol. The summed E-state index contributed by atoms with van der Waals surface area (Å²) in [5.41, 5.74) is 2.62. The van der Waals surface area contributed by atoms with Crippen molar-refractivity contribution >= 4 is 21.4 Å². The van der Waals surface area contributed by atoms with E-state index in [4.69, 9.17) is 5.26 Å². The summed E-state index contributed by atoms with van der Waals surface area (Å²) < 4.78 is 2.97. The summed E-state index contributed by atoms with van der Waals surface area (Å²) in [6, 6.07) is 16.3. The van der Waals surface area contributed by atoms with Gasteiger partial charge in [0, 0.05) is 17.1 Å². The molecule has 3 rings (SSSR count). The first-order valence-corrected chi connectivity index (χ1v) is 7.18. The molecule has 0 aliphatic rings. The van der Waals surface area contributed by atoms with Crippen LogP contribution in [0, 0.1) is 11.3 Å². The van der Waals surface area contributed by atoms with Crippen molar-refractivity contribution in [2.45, 2.75) is 12.8 Å². The maximum absolute atomic E-state index is 9.17. The molecule has 0 bridgehead atoms. The Bertz CT molecular complexity index is 785. The lowest BCUT2D eigenvalue weighted by Gasteiger charge is -2.02. The summed E-state index contributed by atoms with van der Waals surface area (Å²) in [5, 5.41) is 9.17. The van der Waals surface area contributed by atoms with Crippen molar-refractivity contribution in [3.63, 3.8) is 0 Å². The summed E-state index contributed by atoms with van der Waals surface area (Å²) in [4.78, 5) is 4.45. The highest BCUT2D eigenvalue weighted by Crippen LogP contribution is 2.18. The molecule has 0 aliphatic heterocycles. The molecule has 2 aromatic heterocycles. The maximum atomic E-state index is 9.17. The number of rotatable bonds is 3. The third-order valence-electron chi connectivity index (χ3n) is 3.26. The first-order valence-electron chi connectivity index (χ1n) is 6.38. The van der Waals surface area contributed by atoms with Gasteiger partial charge in [0.15, 0.2) is 5.69 Å². The van der Waals surface area contributed by atoms with Crippen molar-refractivity contribution in [3.8, 4) is 6.07 Å². The zero-order chi connectivity index (χ0) is 13.9. The molecule has 0 unspecified atom stereocenters. The molecule has 1 aromatic carbocycles. The van der Waals surface area contributed by atoms with Gasteiger partial charge < -0.3 is 4.40 Å². The van der Waals surface area contributed by atoms with Crippen LogP contribution < -0.4 is 0 Å². The summed E-state index contributed by atoms with van der Waals surface area (Å²) in [5.74, 6) is 0.918. The van der Waals surface area contributed by atoms with Gasteiger partial charge in [0.05, 0.1) is 5.52 Å². The second-order valence-corrected chi connectivity index (χ2v) is 5.49. The lowest BCUT2D eigenvalue weighted by Crippen LogP contribution is -1.97. The molecule has 0 radical (unpaired) electrons. The van der Waals surface area contributed by atoms with E-state index >= 15 is 0 Å². The number of halogens is 1. The van der Waals surface area contributed by atoms with Crippen molar-refractivity contribution in [2.75, 3.05) is 0 Å². The largest absolute Gasteiger partial charge is 0.301 e. The average molecular weight is 326 g/mol. The van der Waals surface area contributed by atoms with E-state index in [1.807, 2.05) is 40.9 Å². The zero-order valence-electron chi connectivity index (χ0n) is 10.8.